The molecule has 0 aliphatic rings. The standard InChI is InChI=1S/C10H17N5O3/c1-7(16)13-8(10(17)18)5-11-4-3-9-12-6-15(2)14-9/h6,8,11H,3-5H2,1-2H3,(H,13,16)(H,17,18). The van der Waals surface area contributed by atoms with Crippen LogP contribution in [0.15, 0.2) is 6.33 Å². The van der Waals surface area contributed by atoms with Crippen molar-refractivity contribution < 1.29 is 14.7 Å². The van der Waals surface area contributed by atoms with Gasteiger partial charge in [-0.3, -0.25) is 9.48 Å². The van der Waals surface area contributed by atoms with E-state index >= 15 is 0 Å². The third-order valence-electron chi connectivity index (χ3n) is 2.20. The van der Waals surface area contributed by atoms with Gasteiger partial charge in [0.25, 0.3) is 0 Å². The number of carboxylic acids is 1. The van der Waals surface area contributed by atoms with E-state index in [-0.39, 0.29) is 12.5 Å². The molecule has 0 spiro atoms. The highest BCUT2D eigenvalue weighted by molar-refractivity contribution is 5.82. The van der Waals surface area contributed by atoms with E-state index in [1.54, 1.807) is 18.1 Å². The van der Waals surface area contributed by atoms with Crippen LogP contribution in [-0.2, 0) is 23.1 Å². The minimum Gasteiger partial charge on any atom is -0.480 e. The first kappa shape index (κ1) is 14.1. The summed E-state index contributed by atoms with van der Waals surface area (Å²) in [7, 11) is 1.78. The Kier molecular flexibility index (Phi) is 5.25. The molecule has 8 nitrogen and oxygen atoms in total. The van der Waals surface area contributed by atoms with E-state index < -0.39 is 12.0 Å². The second kappa shape index (κ2) is 6.70. The molecule has 18 heavy (non-hydrogen) atoms. The fourth-order valence-corrected chi connectivity index (χ4v) is 1.39. The maximum Gasteiger partial charge on any atom is 0.327 e. The molecule has 1 aromatic heterocycles. The zero-order valence-corrected chi connectivity index (χ0v) is 10.4. The Hall–Kier alpha value is -1.96. The lowest BCUT2D eigenvalue weighted by Crippen LogP contribution is -2.46. The van der Waals surface area contributed by atoms with Gasteiger partial charge in [-0.1, -0.05) is 0 Å². The van der Waals surface area contributed by atoms with Crippen LogP contribution in [0.3, 0.4) is 0 Å². The Labute approximate surface area is 104 Å². The molecule has 3 N–H and O–H groups in total. The van der Waals surface area contributed by atoms with E-state index in [0.717, 1.165) is 0 Å². The summed E-state index contributed by atoms with van der Waals surface area (Å²) < 4.78 is 1.60. The number of rotatable bonds is 7. The average Bonchev–Trinajstić information content (AvgIpc) is 2.68. The maximum absolute atomic E-state index is 10.8. The van der Waals surface area contributed by atoms with E-state index in [1.165, 1.54) is 6.92 Å². The van der Waals surface area contributed by atoms with Gasteiger partial charge in [-0.2, -0.15) is 5.10 Å². The highest BCUT2D eigenvalue weighted by Gasteiger charge is 2.17. The highest BCUT2D eigenvalue weighted by Crippen LogP contribution is 1.89. The van der Waals surface area contributed by atoms with E-state index in [9.17, 15) is 9.59 Å². The van der Waals surface area contributed by atoms with Crippen molar-refractivity contribution in [1.82, 2.24) is 25.4 Å². The number of nitrogens with zero attached hydrogens (tertiary/aromatic N) is 3. The molecule has 1 rings (SSSR count). The van der Waals surface area contributed by atoms with Gasteiger partial charge in [-0.15, -0.1) is 0 Å². The Bertz CT molecular complexity index is 417. The highest BCUT2D eigenvalue weighted by atomic mass is 16.4. The number of carbonyl (C=O) groups excluding carboxylic acids is 1. The number of aromatic nitrogens is 3. The number of carbonyl (C=O) groups is 2. The molecule has 0 saturated heterocycles. The van der Waals surface area contributed by atoms with Crippen LogP contribution in [0, 0.1) is 0 Å². The summed E-state index contributed by atoms with van der Waals surface area (Å²) in [4.78, 5) is 25.7. The number of nitrogens with one attached hydrogen (secondary N) is 2. The fourth-order valence-electron chi connectivity index (χ4n) is 1.39. The third-order valence-corrected chi connectivity index (χ3v) is 2.20. The molecule has 100 valence electrons. The number of carboxylic acid groups (broad SMARTS) is 1. The summed E-state index contributed by atoms with van der Waals surface area (Å²) in [6.45, 7) is 2.00. The molecule has 0 aromatic carbocycles. The Balaban J connectivity index is 2.26. The summed E-state index contributed by atoms with van der Waals surface area (Å²) in [6, 6.07) is -0.917. The third kappa shape index (κ3) is 4.91. The van der Waals surface area contributed by atoms with Crippen LogP contribution in [0.4, 0.5) is 0 Å². The lowest BCUT2D eigenvalue weighted by molar-refractivity contribution is -0.141. The largest absolute Gasteiger partial charge is 0.480 e. The van der Waals surface area contributed by atoms with Crippen LogP contribution >= 0.6 is 0 Å². The van der Waals surface area contributed by atoms with Gasteiger partial charge in [-0.25, -0.2) is 9.78 Å². The normalized spacial score (nSPS) is 12.1. The molecule has 1 unspecified atom stereocenters. The van der Waals surface area contributed by atoms with Crippen molar-refractivity contribution in [2.75, 3.05) is 13.1 Å². The van der Waals surface area contributed by atoms with Gasteiger partial charge in [0.15, 0.2) is 5.82 Å². The Morgan fingerprint density at radius 3 is 2.78 bits per heavy atom. The van der Waals surface area contributed by atoms with Crippen molar-refractivity contribution in [3.05, 3.63) is 12.2 Å². The Morgan fingerprint density at radius 1 is 1.56 bits per heavy atom. The molecular weight excluding hydrogens is 238 g/mol. The smallest absolute Gasteiger partial charge is 0.327 e. The van der Waals surface area contributed by atoms with Crippen LogP contribution in [-0.4, -0.2) is 50.9 Å². The van der Waals surface area contributed by atoms with Crippen molar-refractivity contribution in [3.63, 3.8) is 0 Å². The number of hydrogen-bond acceptors (Lipinski definition) is 5. The molecule has 1 amide bonds. The van der Waals surface area contributed by atoms with Crippen LogP contribution in [0.5, 0.6) is 0 Å². The first-order valence-corrected chi connectivity index (χ1v) is 5.54. The second-order valence-corrected chi connectivity index (χ2v) is 3.88. The molecular formula is C10H17N5O3. The van der Waals surface area contributed by atoms with Gasteiger partial charge < -0.3 is 15.7 Å². The van der Waals surface area contributed by atoms with E-state index in [1.807, 2.05) is 0 Å². The molecule has 0 bridgehead atoms. The number of aliphatic carboxylic acids is 1. The number of hydrogen-bond donors (Lipinski definition) is 3. The predicted molar refractivity (Wildman–Crippen MR) is 62.8 cm³/mol. The molecule has 0 aliphatic heterocycles. The predicted octanol–water partition coefficient (Wildman–Crippen LogP) is -1.46. The van der Waals surface area contributed by atoms with Crippen LogP contribution in [0.2, 0.25) is 0 Å². The van der Waals surface area contributed by atoms with Gasteiger partial charge in [-0.05, 0) is 0 Å². The van der Waals surface area contributed by atoms with E-state index in [0.29, 0.717) is 18.8 Å². The van der Waals surface area contributed by atoms with Crippen molar-refractivity contribution in [2.24, 2.45) is 7.05 Å². The zero-order chi connectivity index (χ0) is 13.5. The Morgan fingerprint density at radius 2 is 2.28 bits per heavy atom. The summed E-state index contributed by atoms with van der Waals surface area (Å²) in [5.74, 6) is -0.736. The van der Waals surface area contributed by atoms with E-state index in [4.69, 9.17) is 5.11 Å². The van der Waals surface area contributed by atoms with Gasteiger partial charge >= 0.3 is 5.97 Å². The maximum atomic E-state index is 10.8. The lowest BCUT2D eigenvalue weighted by atomic mass is 10.3. The van der Waals surface area contributed by atoms with Crippen LogP contribution in [0.1, 0.15) is 12.7 Å². The lowest BCUT2D eigenvalue weighted by Gasteiger charge is -2.13. The molecule has 1 aromatic rings. The van der Waals surface area contributed by atoms with Crippen molar-refractivity contribution in [1.29, 1.82) is 0 Å². The summed E-state index contributed by atoms with van der Waals surface area (Å²) in [6.07, 6.45) is 2.21. The van der Waals surface area contributed by atoms with Crippen LogP contribution in [0.25, 0.3) is 0 Å². The molecule has 0 fully saturated rings. The molecule has 0 aliphatic carbocycles. The first-order valence-electron chi connectivity index (χ1n) is 5.54. The average molecular weight is 255 g/mol. The minimum atomic E-state index is -1.06. The number of amides is 1. The second-order valence-electron chi connectivity index (χ2n) is 3.88. The van der Waals surface area contributed by atoms with E-state index in [2.05, 4.69) is 20.7 Å². The monoisotopic (exact) mass is 255 g/mol. The number of aryl methyl sites for hydroxylation is 1. The fraction of sp³-hybridized carbons (Fsp3) is 0.600. The van der Waals surface area contributed by atoms with Crippen molar-refractivity contribution >= 4 is 11.9 Å². The van der Waals surface area contributed by atoms with Crippen LogP contribution < -0.4 is 10.6 Å². The zero-order valence-electron chi connectivity index (χ0n) is 10.4. The first-order chi connectivity index (χ1) is 8.49. The topological polar surface area (TPSA) is 109 Å². The van der Waals surface area contributed by atoms with Crippen molar-refractivity contribution in [2.45, 2.75) is 19.4 Å². The molecule has 0 saturated carbocycles. The SMILES string of the molecule is CC(=O)NC(CNCCc1ncn(C)n1)C(=O)O. The van der Waals surface area contributed by atoms with Crippen molar-refractivity contribution in [3.8, 4) is 0 Å². The molecule has 8 heteroatoms. The summed E-state index contributed by atoms with van der Waals surface area (Å²) >= 11 is 0. The van der Waals surface area contributed by atoms with Gasteiger partial charge in [0, 0.05) is 33.5 Å². The van der Waals surface area contributed by atoms with Gasteiger partial charge in [0.1, 0.15) is 12.4 Å². The quantitative estimate of drug-likeness (QED) is 0.514. The summed E-state index contributed by atoms with van der Waals surface area (Å²) in [5.41, 5.74) is 0. The molecule has 1 heterocycles. The minimum absolute atomic E-state index is 0.168. The van der Waals surface area contributed by atoms with Gasteiger partial charge in [0.2, 0.25) is 5.91 Å². The summed E-state index contributed by atoms with van der Waals surface area (Å²) in [5, 5.41) is 18.2. The molecule has 0 radical (unpaired) electrons. The molecule has 1 atom stereocenters. The van der Waals surface area contributed by atoms with Gasteiger partial charge in [0.05, 0.1) is 0 Å².